The molecule has 0 amide bonds. The molecule has 1 aromatic carbocycles. The molecule has 2 aliphatic rings. The Morgan fingerprint density at radius 2 is 2.11 bits per heavy atom. The molecule has 1 fully saturated rings. The molecule has 1 atom stereocenters. The van der Waals surface area contributed by atoms with Gasteiger partial charge >= 0.3 is 0 Å². The van der Waals surface area contributed by atoms with Gasteiger partial charge in [0.15, 0.2) is 0 Å². The molecule has 0 unspecified atom stereocenters. The molecule has 0 radical (unpaired) electrons. The predicted molar refractivity (Wildman–Crippen MR) is 136 cm³/mol. The third kappa shape index (κ3) is 5.04. The lowest BCUT2D eigenvalue weighted by atomic mass is 9.83. The van der Waals surface area contributed by atoms with E-state index in [1.165, 1.54) is 17.0 Å². The molecular weight excluding hydrogens is 477 g/mol. The first-order valence-corrected chi connectivity index (χ1v) is 12.1. The quantitative estimate of drug-likeness (QED) is 0.442. The summed E-state index contributed by atoms with van der Waals surface area (Å²) in [5.41, 5.74) is 2.32. The smallest absolute Gasteiger partial charge is 0.274 e. The summed E-state index contributed by atoms with van der Waals surface area (Å²) in [7, 11) is 0. The number of nitrogens with zero attached hydrogens (tertiary/aromatic N) is 5. The van der Waals surface area contributed by atoms with Crippen LogP contribution in [0, 0.1) is 17.1 Å². The number of rotatable bonds is 7. The highest BCUT2D eigenvalue weighted by Gasteiger charge is 2.36. The fourth-order valence-corrected chi connectivity index (χ4v) is 4.69. The van der Waals surface area contributed by atoms with Crippen LogP contribution >= 0.6 is 0 Å². The SMILES string of the molecule is C[C@]1(CO)CNc2c(C#N)cc(-c3ccnc(Nc4cc(F)cn(CCN5CCOCC5)c4=O)n3)cc21. The lowest BCUT2D eigenvalue weighted by molar-refractivity contribution is 0.0362. The van der Waals surface area contributed by atoms with Gasteiger partial charge in [0.1, 0.15) is 17.6 Å². The first kappa shape index (κ1) is 24.8. The van der Waals surface area contributed by atoms with Gasteiger partial charge in [-0.2, -0.15) is 5.26 Å². The molecule has 2 aliphatic heterocycles. The van der Waals surface area contributed by atoms with Crippen LogP contribution in [0.25, 0.3) is 11.3 Å². The summed E-state index contributed by atoms with van der Waals surface area (Å²) in [5, 5.41) is 25.7. The Balaban J connectivity index is 1.41. The Morgan fingerprint density at radius 3 is 2.86 bits per heavy atom. The van der Waals surface area contributed by atoms with Crippen molar-refractivity contribution in [3.05, 3.63) is 64.0 Å². The summed E-state index contributed by atoms with van der Waals surface area (Å²) in [6.07, 6.45) is 2.73. The molecule has 0 spiro atoms. The van der Waals surface area contributed by atoms with Gasteiger partial charge in [0.2, 0.25) is 5.95 Å². The van der Waals surface area contributed by atoms with Gasteiger partial charge in [0.25, 0.3) is 5.56 Å². The van der Waals surface area contributed by atoms with Crippen LogP contribution in [-0.4, -0.2) is 70.5 Å². The largest absolute Gasteiger partial charge is 0.395 e. The van der Waals surface area contributed by atoms with Gasteiger partial charge in [-0.3, -0.25) is 9.69 Å². The summed E-state index contributed by atoms with van der Waals surface area (Å²) in [5.74, 6) is -0.421. The van der Waals surface area contributed by atoms with Crippen molar-refractivity contribution < 1.29 is 14.2 Å². The molecule has 192 valence electrons. The maximum atomic E-state index is 14.4. The normalized spacial score (nSPS) is 19.2. The van der Waals surface area contributed by atoms with Gasteiger partial charge < -0.3 is 25.0 Å². The van der Waals surface area contributed by atoms with Crippen LogP contribution in [0.3, 0.4) is 0 Å². The Kier molecular flexibility index (Phi) is 6.88. The average molecular weight is 506 g/mol. The van der Waals surface area contributed by atoms with Crippen molar-refractivity contribution in [2.24, 2.45) is 0 Å². The zero-order chi connectivity index (χ0) is 26.0. The number of anilines is 3. The molecule has 3 aromatic rings. The van der Waals surface area contributed by atoms with E-state index >= 15 is 0 Å². The number of halogens is 1. The third-order valence-corrected chi connectivity index (χ3v) is 6.92. The lowest BCUT2D eigenvalue weighted by Gasteiger charge is -2.26. The number of aliphatic hydroxyl groups excluding tert-OH is 1. The summed E-state index contributed by atoms with van der Waals surface area (Å²) in [4.78, 5) is 23.9. The molecule has 5 rings (SSSR count). The lowest BCUT2D eigenvalue weighted by Crippen LogP contribution is -2.39. The Bertz CT molecular complexity index is 1410. The predicted octanol–water partition coefficient (Wildman–Crippen LogP) is 2.07. The van der Waals surface area contributed by atoms with Gasteiger partial charge in [-0.05, 0) is 23.8 Å². The number of aliphatic hydroxyl groups is 1. The van der Waals surface area contributed by atoms with Gasteiger partial charge in [0.05, 0.1) is 36.8 Å². The van der Waals surface area contributed by atoms with Crippen LogP contribution in [0.2, 0.25) is 0 Å². The van der Waals surface area contributed by atoms with Crippen LogP contribution in [0.15, 0.2) is 41.5 Å². The minimum absolute atomic E-state index is 0.0304. The number of ether oxygens (including phenoxy) is 1. The average Bonchev–Trinajstić information content (AvgIpc) is 3.27. The standard InChI is InChI=1S/C26H28FN7O3/c1-26(16-35)15-30-23-18(13-28)10-17(11-20(23)26)21-2-3-29-25(31-21)32-22-12-19(27)14-34(24(22)36)5-4-33-6-8-37-9-7-33/h2-3,10-12,14,30,35H,4-9,15-16H2,1H3,(H,29,31,32)/t26-/m1/s1. The summed E-state index contributed by atoms with van der Waals surface area (Å²) < 4.78 is 21.1. The van der Waals surface area contributed by atoms with Gasteiger partial charge in [-0.15, -0.1) is 0 Å². The van der Waals surface area contributed by atoms with E-state index in [1.54, 1.807) is 12.1 Å². The molecular formula is C26H28FN7O3. The minimum Gasteiger partial charge on any atom is -0.395 e. The molecule has 3 N–H and O–H groups in total. The van der Waals surface area contributed by atoms with Crippen molar-refractivity contribution in [3.8, 4) is 17.3 Å². The Morgan fingerprint density at radius 1 is 1.30 bits per heavy atom. The number of benzene rings is 1. The fourth-order valence-electron chi connectivity index (χ4n) is 4.69. The molecule has 37 heavy (non-hydrogen) atoms. The molecule has 0 bridgehead atoms. The second-order valence-electron chi connectivity index (χ2n) is 9.55. The third-order valence-electron chi connectivity index (χ3n) is 6.92. The van der Waals surface area contributed by atoms with Gasteiger partial charge in [-0.1, -0.05) is 6.92 Å². The van der Waals surface area contributed by atoms with E-state index < -0.39 is 11.2 Å². The van der Waals surface area contributed by atoms with Crippen LogP contribution in [-0.2, 0) is 16.7 Å². The van der Waals surface area contributed by atoms with E-state index in [2.05, 4.69) is 31.6 Å². The maximum Gasteiger partial charge on any atom is 0.274 e. The molecule has 10 nitrogen and oxygen atoms in total. The van der Waals surface area contributed by atoms with E-state index in [0.717, 1.165) is 24.7 Å². The van der Waals surface area contributed by atoms with Crippen molar-refractivity contribution in [3.63, 3.8) is 0 Å². The highest BCUT2D eigenvalue weighted by atomic mass is 19.1. The fraction of sp³-hybridized carbons (Fsp3) is 0.385. The number of morpholine rings is 1. The van der Waals surface area contributed by atoms with Gasteiger partial charge in [0, 0.05) is 62.2 Å². The van der Waals surface area contributed by atoms with Crippen molar-refractivity contribution >= 4 is 17.3 Å². The number of fused-ring (bicyclic) bond motifs is 1. The van der Waals surface area contributed by atoms with Crippen LogP contribution < -0.4 is 16.2 Å². The number of hydrogen-bond donors (Lipinski definition) is 3. The van der Waals surface area contributed by atoms with E-state index in [1.807, 2.05) is 13.0 Å². The van der Waals surface area contributed by atoms with Crippen LogP contribution in [0.1, 0.15) is 18.1 Å². The molecule has 2 aromatic heterocycles. The monoisotopic (exact) mass is 505 g/mol. The molecule has 4 heterocycles. The number of pyridine rings is 1. The minimum atomic E-state index is -0.548. The molecule has 0 saturated carbocycles. The summed E-state index contributed by atoms with van der Waals surface area (Å²) >= 11 is 0. The second-order valence-corrected chi connectivity index (χ2v) is 9.55. The summed E-state index contributed by atoms with van der Waals surface area (Å²) in [6.45, 7) is 6.18. The Labute approximate surface area is 213 Å². The maximum absolute atomic E-state index is 14.4. The van der Waals surface area contributed by atoms with Crippen LogP contribution in [0.4, 0.5) is 21.7 Å². The van der Waals surface area contributed by atoms with Crippen LogP contribution in [0.5, 0.6) is 0 Å². The number of hydrogen-bond acceptors (Lipinski definition) is 9. The zero-order valence-corrected chi connectivity index (χ0v) is 20.5. The molecule has 0 aliphatic carbocycles. The van der Waals surface area contributed by atoms with Crippen molar-refractivity contribution in [1.29, 1.82) is 5.26 Å². The molecule has 1 saturated heterocycles. The molecule has 11 heteroatoms. The zero-order valence-electron chi connectivity index (χ0n) is 20.5. The van der Waals surface area contributed by atoms with E-state index in [4.69, 9.17) is 4.74 Å². The first-order chi connectivity index (χ1) is 17.9. The first-order valence-electron chi connectivity index (χ1n) is 12.1. The van der Waals surface area contributed by atoms with Crippen molar-refractivity contribution in [1.82, 2.24) is 19.4 Å². The number of aromatic nitrogens is 3. The van der Waals surface area contributed by atoms with Gasteiger partial charge in [-0.25, -0.2) is 14.4 Å². The van der Waals surface area contributed by atoms with Crippen molar-refractivity contribution in [2.45, 2.75) is 18.9 Å². The number of nitriles is 1. The highest BCUT2D eigenvalue weighted by Crippen LogP contribution is 2.41. The second kappa shape index (κ2) is 10.3. The highest BCUT2D eigenvalue weighted by molar-refractivity contribution is 5.76. The van der Waals surface area contributed by atoms with E-state index in [0.29, 0.717) is 55.4 Å². The topological polar surface area (TPSA) is 128 Å². The Hall–Kier alpha value is -3.85. The van der Waals surface area contributed by atoms with E-state index in [-0.39, 0.29) is 23.8 Å². The number of nitrogens with one attached hydrogen (secondary N) is 2. The van der Waals surface area contributed by atoms with Crippen molar-refractivity contribution in [2.75, 3.05) is 56.6 Å². The van der Waals surface area contributed by atoms with E-state index in [9.17, 15) is 19.6 Å². The summed E-state index contributed by atoms with van der Waals surface area (Å²) in [6, 6.07) is 8.66.